The predicted molar refractivity (Wildman–Crippen MR) is 82.5 cm³/mol. The molecule has 21 heavy (non-hydrogen) atoms. The van der Waals surface area contributed by atoms with Gasteiger partial charge in [0.1, 0.15) is 0 Å². The number of carbonyl (C=O) groups excluding carboxylic acids is 2. The monoisotopic (exact) mass is 312 g/mol. The molecular weight excluding hydrogens is 292 g/mol. The van der Waals surface area contributed by atoms with Crippen molar-refractivity contribution in [3.8, 4) is 0 Å². The Morgan fingerprint density at radius 1 is 1.38 bits per heavy atom. The van der Waals surface area contributed by atoms with E-state index in [-0.39, 0.29) is 18.4 Å². The standard InChI is InChI=1S/C15H21ClN2O3/c1-18(11-14(19)17-7-4-8-21-2)15(20)13-6-3-5-12(9-13)10-16/h3,5-6,9H,4,7-8,10-11H2,1-2H3,(H,17,19). The van der Waals surface area contributed by atoms with Crippen molar-refractivity contribution in [1.29, 1.82) is 0 Å². The molecular formula is C15H21ClN2O3. The van der Waals surface area contributed by atoms with Crippen molar-refractivity contribution in [1.82, 2.24) is 10.2 Å². The van der Waals surface area contributed by atoms with Gasteiger partial charge in [-0.05, 0) is 24.1 Å². The fourth-order valence-electron chi connectivity index (χ4n) is 1.80. The maximum absolute atomic E-state index is 12.2. The third-order valence-electron chi connectivity index (χ3n) is 2.90. The van der Waals surface area contributed by atoms with Crippen LogP contribution < -0.4 is 5.32 Å². The van der Waals surface area contributed by atoms with Gasteiger partial charge in [-0.15, -0.1) is 11.6 Å². The summed E-state index contributed by atoms with van der Waals surface area (Å²) >= 11 is 5.75. The molecule has 1 rings (SSSR count). The van der Waals surface area contributed by atoms with Crippen LogP contribution >= 0.6 is 11.6 Å². The number of amides is 2. The third-order valence-corrected chi connectivity index (χ3v) is 3.21. The van der Waals surface area contributed by atoms with Gasteiger partial charge in [0, 0.05) is 38.8 Å². The number of hydrogen-bond acceptors (Lipinski definition) is 3. The van der Waals surface area contributed by atoms with Crippen molar-refractivity contribution >= 4 is 23.4 Å². The number of carbonyl (C=O) groups is 2. The molecule has 1 aromatic rings. The Labute approximate surface area is 130 Å². The smallest absolute Gasteiger partial charge is 0.254 e. The van der Waals surface area contributed by atoms with Gasteiger partial charge in [-0.25, -0.2) is 0 Å². The number of benzene rings is 1. The highest BCUT2D eigenvalue weighted by Gasteiger charge is 2.14. The second kappa shape index (κ2) is 9.37. The lowest BCUT2D eigenvalue weighted by Crippen LogP contribution is -2.38. The molecule has 0 fully saturated rings. The van der Waals surface area contributed by atoms with Crippen molar-refractivity contribution in [2.24, 2.45) is 0 Å². The molecule has 116 valence electrons. The molecule has 5 nitrogen and oxygen atoms in total. The molecule has 0 atom stereocenters. The topological polar surface area (TPSA) is 58.6 Å². The molecule has 0 saturated heterocycles. The Morgan fingerprint density at radius 2 is 2.14 bits per heavy atom. The van der Waals surface area contributed by atoms with Gasteiger partial charge in [-0.3, -0.25) is 9.59 Å². The number of nitrogens with zero attached hydrogens (tertiary/aromatic N) is 1. The molecule has 0 radical (unpaired) electrons. The SMILES string of the molecule is COCCCNC(=O)CN(C)C(=O)c1cccc(CCl)c1. The van der Waals surface area contributed by atoms with Gasteiger partial charge in [0.25, 0.3) is 5.91 Å². The van der Waals surface area contributed by atoms with Crippen LogP contribution in [-0.2, 0) is 15.4 Å². The van der Waals surface area contributed by atoms with Crippen LogP contribution in [0.25, 0.3) is 0 Å². The normalized spacial score (nSPS) is 10.2. The highest BCUT2D eigenvalue weighted by atomic mass is 35.5. The largest absolute Gasteiger partial charge is 0.385 e. The first-order valence-corrected chi connectivity index (χ1v) is 7.28. The van der Waals surface area contributed by atoms with Crippen molar-refractivity contribution < 1.29 is 14.3 Å². The van der Waals surface area contributed by atoms with Gasteiger partial charge in [0.05, 0.1) is 6.54 Å². The summed E-state index contributed by atoms with van der Waals surface area (Å²) in [7, 11) is 3.22. The summed E-state index contributed by atoms with van der Waals surface area (Å²) in [4.78, 5) is 25.3. The fourth-order valence-corrected chi connectivity index (χ4v) is 1.96. The molecule has 0 heterocycles. The summed E-state index contributed by atoms with van der Waals surface area (Å²) in [5.41, 5.74) is 1.41. The minimum atomic E-state index is -0.200. The molecule has 1 N–H and O–H groups in total. The average Bonchev–Trinajstić information content (AvgIpc) is 2.50. The molecule has 0 aliphatic heterocycles. The van der Waals surface area contributed by atoms with Gasteiger partial charge in [0.15, 0.2) is 0 Å². The minimum absolute atomic E-state index is 0.0247. The molecule has 0 unspecified atom stereocenters. The summed E-state index contributed by atoms with van der Waals surface area (Å²) in [6.45, 7) is 1.16. The second-order valence-corrected chi connectivity index (χ2v) is 4.96. The average molecular weight is 313 g/mol. The van der Waals surface area contributed by atoms with E-state index in [2.05, 4.69) is 5.32 Å². The van der Waals surface area contributed by atoms with Crippen LogP contribution in [0, 0.1) is 0 Å². The summed E-state index contributed by atoms with van der Waals surface area (Å²) < 4.78 is 4.90. The molecule has 0 saturated carbocycles. The molecule has 0 aliphatic carbocycles. The summed E-state index contributed by atoms with van der Waals surface area (Å²) in [6, 6.07) is 7.09. The van der Waals surface area contributed by atoms with Crippen molar-refractivity contribution in [3.05, 3.63) is 35.4 Å². The van der Waals surface area contributed by atoms with E-state index in [0.29, 0.717) is 24.6 Å². The second-order valence-electron chi connectivity index (χ2n) is 4.69. The van der Waals surface area contributed by atoms with E-state index in [0.717, 1.165) is 12.0 Å². The highest BCUT2D eigenvalue weighted by molar-refractivity contribution is 6.17. The number of rotatable bonds is 8. The number of likely N-dealkylation sites (N-methyl/N-ethyl adjacent to an activating group) is 1. The summed E-state index contributed by atoms with van der Waals surface area (Å²) in [5.74, 6) is -0.0328. The zero-order valence-electron chi connectivity index (χ0n) is 12.4. The minimum Gasteiger partial charge on any atom is -0.385 e. The molecule has 1 aromatic carbocycles. The van der Waals surface area contributed by atoms with Gasteiger partial charge in [-0.1, -0.05) is 12.1 Å². The van der Waals surface area contributed by atoms with E-state index in [1.54, 1.807) is 32.4 Å². The van der Waals surface area contributed by atoms with Crippen molar-refractivity contribution in [2.75, 3.05) is 33.9 Å². The number of methoxy groups -OCH3 is 1. The molecule has 0 aromatic heterocycles. The zero-order chi connectivity index (χ0) is 15.7. The van der Waals surface area contributed by atoms with Crippen LogP contribution in [0.3, 0.4) is 0 Å². The lowest BCUT2D eigenvalue weighted by Gasteiger charge is -2.17. The molecule has 2 amide bonds. The Kier molecular flexibility index (Phi) is 7.79. The van der Waals surface area contributed by atoms with E-state index < -0.39 is 0 Å². The van der Waals surface area contributed by atoms with Crippen LogP contribution in [0.2, 0.25) is 0 Å². The van der Waals surface area contributed by atoms with Crippen LogP contribution in [0.4, 0.5) is 0 Å². The third kappa shape index (κ3) is 6.14. The van der Waals surface area contributed by atoms with Gasteiger partial charge in [-0.2, -0.15) is 0 Å². The number of halogens is 1. The highest BCUT2D eigenvalue weighted by Crippen LogP contribution is 2.09. The quantitative estimate of drug-likeness (QED) is 0.586. The molecule has 0 aliphatic rings. The number of alkyl halides is 1. The van der Waals surface area contributed by atoms with E-state index in [9.17, 15) is 9.59 Å². The number of ether oxygens (including phenoxy) is 1. The fraction of sp³-hybridized carbons (Fsp3) is 0.467. The zero-order valence-corrected chi connectivity index (χ0v) is 13.2. The van der Waals surface area contributed by atoms with E-state index in [1.165, 1.54) is 4.90 Å². The maximum atomic E-state index is 12.2. The van der Waals surface area contributed by atoms with Gasteiger partial charge >= 0.3 is 0 Å². The molecule has 0 spiro atoms. The van der Waals surface area contributed by atoms with Crippen molar-refractivity contribution in [3.63, 3.8) is 0 Å². The van der Waals surface area contributed by atoms with Crippen LogP contribution in [0.5, 0.6) is 0 Å². The first-order valence-electron chi connectivity index (χ1n) is 6.74. The Bertz CT molecular complexity index is 480. The lowest BCUT2D eigenvalue weighted by atomic mass is 10.1. The first-order chi connectivity index (χ1) is 10.1. The Balaban J connectivity index is 2.48. The van der Waals surface area contributed by atoms with E-state index in [4.69, 9.17) is 16.3 Å². The predicted octanol–water partition coefficient (Wildman–Crippen LogP) is 1.65. The number of nitrogens with one attached hydrogen (secondary N) is 1. The molecule has 6 heteroatoms. The Hall–Kier alpha value is -1.59. The van der Waals surface area contributed by atoms with Crippen molar-refractivity contribution in [2.45, 2.75) is 12.3 Å². The van der Waals surface area contributed by atoms with E-state index in [1.807, 2.05) is 6.07 Å². The van der Waals surface area contributed by atoms with Crippen LogP contribution in [-0.4, -0.2) is 50.6 Å². The number of hydrogen-bond donors (Lipinski definition) is 1. The summed E-state index contributed by atoms with van der Waals surface area (Å²) in [6.07, 6.45) is 0.748. The summed E-state index contributed by atoms with van der Waals surface area (Å²) in [5, 5.41) is 2.74. The van der Waals surface area contributed by atoms with E-state index >= 15 is 0 Å². The molecule has 0 bridgehead atoms. The van der Waals surface area contributed by atoms with Gasteiger partial charge < -0.3 is 15.0 Å². The van der Waals surface area contributed by atoms with Crippen LogP contribution in [0.15, 0.2) is 24.3 Å². The van der Waals surface area contributed by atoms with Crippen LogP contribution in [0.1, 0.15) is 22.3 Å². The first kappa shape index (κ1) is 17.5. The lowest BCUT2D eigenvalue weighted by molar-refractivity contribution is -0.121. The van der Waals surface area contributed by atoms with Gasteiger partial charge in [0.2, 0.25) is 5.91 Å². The Morgan fingerprint density at radius 3 is 2.81 bits per heavy atom. The maximum Gasteiger partial charge on any atom is 0.254 e.